The number of anilines is 1. The van der Waals surface area contributed by atoms with Gasteiger partial charge in [0.05, 0.1) is 22.3 Å². The number of carbonyl (C=O) groups excluding carboxylic acids is 1. The Morgan fingerprint density at radius 1 is 1.60 bits per heavy atom. The van der Waals surface area contributed by atoms with Gasteiger partial charge in [0.2, 0.25) is 5.91 Å². The maximum Gasteiger partial charge on any atom is 0.219 e. The smallest absolute Gasteiger partial charge is 0.219 e. The van der Waals surface area contributed by atoms with Crippen LogP contribution in [0.2, 0.25) is 5.02 Å². The van der Waals surface area contributed by atoms with E-state index in [2.05, 4.69) is 5.32 Å². The first-order valence-corrected chi connectivity index (χ1v) is 4.73. The number of hydrogen-bond donors (Lipinski definition) is 2. The molecule has 3 N–H and O–H groups in total. The van der Waals surface area contributed by atoms with Crippen LogP contribution in [0.15, 0.2) is 18.2 Å². The highest BCUT2D eigenvalue weighted by molar-refractivity contribution is 6.33. The van der Waals surface area contributed by atoms with Crippen LogP contribution < -0.4 is 11.1 Å². The molecule has 0 aliphatic carbocycles. The molecule has 0 fully saturated rings. The molecule has 0 bridgehead atoms. The molecule has 4 nitrogen and oxygen atoms in total. The molecule has 0 saturated carbocycles. The molecule has 1 aromatic carbocycles. The highest BCUT2D eigenvalue weighted by Crippen LogP contribution is 2.22. The molecule has 0 heterocycles. The Morgan fingerprint density at radius 3 is 2.87 bits per heavy atom. The summed E-state index contributed by atoms with van der Waals surface area (Å²) in [5, 5.41) is 12.0. The molecule has 0 aliphatic heterocycles. The zero-order valence-corrected chi connectivity index (χ0v) is 8.71. The fourth-order valence-electron chi connectivity index (χ4n) is 1.05. The third kappa shape index (κ3) is 3.49. The van der Waals surface area contributed by atoms with E-state index in [9.17, 15) is 4.79 Å². The highest BCUT2D eigenvalue weighted by Gasteiger charge is 2.01. The van der Waals surface area contributed by atoms with E-state index >= 15 is 0 Å². The van der Waals surface area contributed by atoms with Gasteiger partial charge in [0.25, 0.3) is 0 Å². The molecule has 0 saturated heterocycles. The zero-order chi connectivity index (χ0) is 11.3. The first-order chi connectivity index (χ1) is 7.13. The number of nitrogens with one attached hydrogen (secondary N) is 1. The number of nitriles is 1. The van der Waals surface area contributed by atoms with Gasteiger partial charge >= 0.3 is 0 Å². The Hall–Kier alpha value is -1.73. The third-order valence-corrected chi connectivity index (χ3v) is 2.10. The summed E-state index contributed by atoms with van der Waals surface area (Å²) in [6, 6.07) is 6.89. The number of primary amides is 1. The second kappa shape index (κ2) is 5.23. The molecule has 0 aliphatic rings. The summed E-state index contributed by atoms with van der Waals surface area (Å²) >= 11 is 5.89. The number of hydrogen-bond acceptors (Lipinski definition) is 3. The second-order valence-corrected chi connectivity index (χ2v) is 3.36. The minimum absolute atomic E-state index is 0.246. The number of halogens is 1. The van der Waals surface area contributed by atoms with Crippen LogP contribution in [0, 0.1) is 11.3 Å². The van der Waals surface area contributed by atoms with Crippen LogP contribution in [0.25, 0.3) is 0 Å². The maximum atomic E-state index is 10.5. The van der Waals surface area contributed by atoms with Crippen molar-refractivity contribution in [3.8, 4) is 6.07 Å². The standard InChI is InChI=1S/C10H10ClN3O/c11-8-5-7(6-12)1-2-9(8)14-4-3-10(13)15/h1-2,5,14H,3-4H2,(H2,13,15). The van der Waals surface area contributed by atoms with Crippen LogP contribution in [0.1, 0.15) is 12.0 Å². The molecule has 5 heteroatoms. The number of carbonyl (C=O) groups is 1. The first kappa shape index (κ1) is 11.3. The Balaban J connectivity index is 2.63. The summed E-state index contributed by atoms with van der Waals surface area (Å²) in [5.41, 5.74) is 6.18. The molecule has 0 spiro atoms. The van der Waals surface area contributed by atoms with Crippen LogP contribution in [0.4, 0.5) is 5.69 Å². The first-order valence-electron chi connectivity index (χ1n) is 4.35. The molecular formula is C10H10ClN3O. The zero-order valence-electron chi connectivity index (χ0n) is 7.96. The van der Waals surface area contributed by atoms with Gasteiger partial charge in [-0.25, -0.2) is 0 Å². The molecular weight excluding hydrogens is 214 g/mol. The summed E-state index contributed by atoms with van der Waals surface area (Å²) < 4.78 is 0. The van der Waals surface area contributed by atoms with E-state index in [1.165, 1.54) is 0 Å². The van der Waals surface area contributed by atoms with Crippen molar-refractivity contribution in [3.63, 3.8) is 0 Å². The number of nitrogens with two attached hydrogens (primary N) is 1. The van der Waals surface area contributed by atoms with Crippen LogP contribution in [0.5, 0.6) is 0 Å². The van der Waals surface area contributed by atoms with Gasteiger partial charge in [-0.05, 0) is 18.2 Å². The molecule has 1 amide bonds. The van der Waals surface area contributed by atoms with E-state index in [1.807, 2.05) is 6.07 Å². The predicted octanol–water partition coefficient (Wildman–Crippen LogP) is 1.50. The van der Waals surface area contributed by atoms with Crippen LogP contribution in [-0.4, -0.2) is 12.5 Å². The lowest BCUT2D eigenvalue weighted by Gasteiger charge is -2.06. The molecule has 0 aromatic heterocycles. The van der Waals surface area contributed by atoms with E-state index in [-0.39, 0.29) is 12.3 Å². The minimum atomic E-state index is -0.368. The van der Waals surface area contributed by atoms with E-state index in [0.29, 0.717) is 22.8 Å². The second-order valence-electron chi connectivity index (χ2n) is 2.95. The summed E-state index contributed by atoms with van der Waals surface area (Å²) in [6.07, 6.45) is 0.246. The Morgan fingerprint density at radius 2 is 2.33 bits per heavy atom. The van der Waals surface area contributed by atoms with Crippen molar-refractivity contribution in [2.45, 2.75) is 6.42 Å². The average Bonchev–Trinajstić information content (AvgIpc) is 2.20. The Kier molecular flexibility index (Phi) is 3.95. The summed E-state index contributed by atoms with van der Waals surface area (Å²) in [5.74, 6) is -0.368. The lowest BCUT2D eigenvalue weighted by molar-refractivity contribution is -0.117. The predicted molar refractivity (Wildman–Crippen MR) is 58.5 cm³/mol. The van der Waals surface area contributed by atoms with E-state index in [0.717, 1.165) is 0 Å². The topological polar surface area (TPSA) is 78.9 Å². The van der Waals surface area contributed by atoms with Gasteiger partial charge in [0.1, 0.15) is 0 Å². The number of benzene rings is 1. The summed E-state index contributed by atoms with van der Waals surface area (Å²) in [4.78, 5) is 10.5. The van der Waals surface area contributed by atoms with Crippen molar-refractivity contribution in [1.82, 2.24) is 0 Å². The molecule has 0 unspecified atom stereocenters. The molecule has 78 valence electrons. The molecule has 1 aromatic rings. The van der Waals surface area contributed by atoms with Gasteiger partial charge in [0.15, 0.2) is 0 Å². The number of rotatable bonds is 4. The molecule has 1 rings (SSSR count). The molecule has 15 heavy (non-hydrogen) atoms. The fourth-order valence-corrected chi connectivity index (χ4v) is 1.30. The monoisotopic (exact) mass is 223 g/mol. The normalized spacial score (nSPS) is 9.33. The van der Waals surface area contributed by atoms with E-state index in [4.69, 9.17) is 22.6 Å². The van der Waals surface area contributed by atoms with Crippen LogP contribution in [0.3, 0.4) is 0 Å². The van der Waals surface area contributed by atoms with Gasteiger partial charge in [-0.1, -0.05) is 11.6 Å². The molecule has 0 radical (unpaired) electrons. The van der Waals surface area contributed by atoms with Gasteiger partial charge < -0.3 is 11.1 Å². The maximum absolute atomic E-state index is 10.5. The van der Waals surface area contributed by atoms with Crippen LogP contribution >= 0.6 is 11.6 Å². The van der Waals surface area contributed by atoms with Gasteiger partial charge in [-0.2, -0.15) is 5.26 Å². The number of amides is 1. The minimum Gasteiger partial charge on any atom is -0.383 e. The lowest BCUT2D eigenvalue weighted by Crippen LogP contribution is -2.15. The lowest BCUT2D eigenvalue weighted by atomic mass is 10.2. The van der Waals surface area contributed by atoms with Crippen molar-refractivity contribution < 1.29 is 4.79 Å². The quantitative estimate of drug-likeness (QED) is 0.812. The number of nitrogens with zero attached hydrogens (tertiary/aromatic N) is 1. The molecule has 0 atom stereocenters. The van der Waals surface area contributed by atoms with Crippen molar-refractivity contribution in [2.24, 2.45) is 5.73 Å². The van der Waals surface area contributed by atoms with Gasteiger partial charge in [-0.15, -0.1) is 0 Å². The SMILES string of the molecule is N#Cc1ccc(NCCC(N)=O)c(Cl)c1. The van der Waals surface area contributed by atoms with Gasteiger partial charge in [0, 0.05) is 13.0 Å². The average molecular weight is 224 g/mol. The van der Waals surface area contributed by atoms with Gasteiger partial charge in [-0.3, -0.25) is 4.79 Å². The van der Waals surface area contributed by atoms with E-state index in [1.54, 1.807) is 18.2 Å². The van der Waals surface area contributed by atoms with Crippen molar-refractivity contribution in [2.75, 3.05) is 11.9 Å². The largest absolute Gasteiger partial charge is 0.383 e. The van der Waals surface area contributed by atoms with Crippen molar-refractivity contribution >= 4 is 23.2 Å². The summed E-state index contributed by atoms with van der Waals surface area (Å²) in [7, 11) is 0. The van der Waals surface area contributed by atoms with Crippen molar-refractivity contribution in [1.29, 1.82) is 5.26 Å². The third-order valence-electron chi connectivity index (χ3n) is 1.79. The van der Waals surface area contributed by atoms with Crippen molar-refractivity contribution in [3.05, 3.63) is 28.8 Å². The fraction of sp³-hybridized carbons (Fsp3) is 0.200. The summed E-state index contributed by atoms with van der Waals surface area (Å²) in [6.45, 7) is 0.432. The van der Waals surface area contributed by atoms with Crippen LogP contribution in [-0.2, 0) is 4.79 Å². The Labute approximate surface area is 92.6 Å². The van der Waals surface area contributed by atoms with E-state index < -0.39 is 0 Å². The Bertz CT molecular complexity index is 412. The highest BCUT2D eigenvalue weighted by atomic mass is 35.5.